The van der Waals surface area contributed by atoms with Crippen molar-refractivity contribution in [3.63, 3.8) is 0 Å². The highest BCUT2D eigenvalue weighted by Crippen LogP contribution is 2.29. The summed E-state index contributed by atoms with van der Waals surface area (Å²) in [4.78, 5) is 24.0. The van der Waals surface area contributed by atoms with Gasteiger partial charge in [0.2, 0.25) is 5.91 Å². The molecule has 1 fully saturated rings. The summed E-state index contributed by atoms with van der Waals surface area (Å²) in [7, 11) is 0. The molecule has 0 saturated carbocycles. The van der Waals surface area contributed by atoms with Crippen LogP contribution in [0.25, 0.3) is 0 Å². The van der Waals surface area contributed by atoms with Gasteiger partial charge in [0, 0.05) is 20.0 Å². The lowest BCUT2D eigenvalue weighted by Gasteiger charge is -2.38. The maximum Gasteiger partial charge on any atom is 0.306 e. The second-order valence-corrected chi connectivity index (χ2v) is 4.61. The fourth-order valence-electron chi connectivity index (χ4n) is 2.25. The fourth-order valence-corrected chi connectivity index (χ4v) is 2.25. The summed E-state index contributed by atoms with van der Waals surface area (Å²) >= 11 is 0. The highest BCUT2D eigenvalue weighted by atomic mass is 16.4. The van der Waals surface area contributed by atoms with Gasteiger partial charge < -0.3 is 10.0 Å². The molecule has 4 nitrogen and oxygen atoms in total. The Labute approximate surface area is 90.3 Å². The van der Waals surface area contributed by atoms with Crippen LogP contribution in [-0.4, -0.2) is 35.0 Å². The number of aliphatic carboxylic acids is 1. The largest absolute Gasteiger partial charge is 0.481 e. The van der Waals surface area contributed by atoms with E-state index in [0.717, 1.165) is 0 Å². The van der Waals surface area contributed by atoms with Crippen LogP contribution in [0.3, 0.4) is 0 Å². The molecule has 2 atom stereocenters. The summed E-state index contributed by atoms with van der Waals surface area (Å²) < 4.78 is 0. The second kappa shape index (κ2) is 4.64. The minimum atomic E-state index is -0.725. The standard InChI is InChI=1S/C11H19NO3/c1-7(2)10-6-12(8(3)13)5-4-9(10)11(14)15/h7,9-10H,4-6H2,1-3H3,(H,14,15)/t9-,10-/m0/s1. The van der Waals surface area contributed by atoms with Gasteiger partial charge in [0.15, 0.2) is 0 Å². The number of carbonyl (C=O) groups excluding carboxylic acids is 1. The summed E-state index contributed by atoms with van der Waals surface area (Å²) in [5.41, 5.74) is 0. The van der Waals surface area contributed by atoms with Crippen LogP contribution in [0.4, 0.5) is 0 Å². The Morgan fingerprint density at radius 3 is 2.40 bits per heavy atom. The van der Waals surface area contributed by atoms with Crippen molar-refractivity contribution in [3.05, 3.63) is 0 Å². The Morgan fingerprint density at radius 2 is 2.00 bits per heavy atom. The van der Waals surface area contributed by atoms with E-state index >= 15 is 0 Å². The van der Waals surface area contributed by atoms with Gasteiger partial charge in [-0.15, -0.1) is 0 Å². The van der Waals surface area contributed by atoms with Crippen molar-refractivity contribution < 1.29 is 14.7 Å². The maximum absolute atomic E-state index is 11.2. The minimum Gasteiger partial charge on any atom is -0.481 e. The molecular formula is C11H19NO3. The number of nitrogens with zero attached hydrogens (tertiary/aromatic N) is 1. The van der Waals surface area contributed by atoms with E-state index in [1.807, 2.05) is 13.8 Å². The van der Waals surface area contributed by atoms with Gasteiger partial charge in [-0.2, -0.15) is 0 Å². The van der Waals surface area contributed by atoms with Gasteiger partial charge in [0.1, 0.15) is 0 Å². The number of rotatable bonds is 2. The summed E-state index contributed by atoms with van der Waals surface area (Å²) in [6.45, 7) is 6.74. The quantitative estimate of drug-likeness (QED) is 0.750. The third-order valence-corrected chi connectivity index (χ3v) is 3.28. The molecule has 15 heavy (non-hydrogen) atoms. The van der Waals surface area contributed by atoms with Crippen molar-refractivity contribution in [3.8, 4) is 0 Å². The third-order valence-electron chi connectivity index (χ3n) is 3.28. The SMILES string of the molecule is CC(=O)N1CC[C@H](C(=O)O)[C@H](C(C)C)C1. The smallest absolute Gasteiger partial charge is 0.306 e. The van der Waals surface area contributed by atoms with Crippen LogP contribution in [0.1, 0.15) is 27.2 Å². The highest BCUT2D eigenvalue weighted by Gasteiger charge is 2.36. The van der Waals surface area contributed by atoms with E-state index in [2.05, 4.69) is 0 Å². The van der Waals surface area contributed by atoms with E-state index in [1.165, 1.54) is 0 Å². The molecule has 1 saturated heterocycles. The second-order valence-electron chi connectivity index (χ2n) is 4.61. The van der Waals surface area contributed by atoms with Crippen molar-refractivity contribution in [2.45, 2.75) is 27.2 Å². The molecule has 0 aliphatic carbocycles. The number of amides is 1. The summed E-state index contributed by atoms with van der Waals surface area (Å²) in [5.74, 6) is -0.588. The monoisotopic (exact) mass is 213 g/mol. The first-order chi connectivity index (χ1) is 6.93. The third kappa shape index (κ3) is 2.70. The average molecular weight is 213 g/mol. The minimum absolute atomic E-state index is 0.0458. The van der Waals surface area contributed by atoms with Gasteiger partial charge in [-0.3, -0.25) is 9.59 Å². The lowest BCUT2D eigenvalue weighted by atomic mass is 9.78. The van der Waals surface area contributed by atoms with Crippen molar-refractivity contribution in [1.29, 1.82) is 0 Å². The van der Waals surface area contributed by atoms with Crippen molar-refractivity contribution in [1.82, 2.24) is 4.90 Å². The number of carboxylic acids is 1. The number of carbonyl (C=O) groups is 2. The summed E-state index contributed by atoms with van der Waals surface area (Å²) in [5, 5.41) is 9.08. The summed E-state index contributed by atoms with van der Waals surface area (Å²) in [6, 6.07) is 0. The Bertz CT molecular complexity index is 263. The van der Waals surface area contributed by atoms with E-state index in [4.69, 9.17) is 5.11 Å². The molecule has 1 aliphatic heterocycles. The van der Waals surface area contributed by atoms with Crippen LogP contribution in [-0.2, 0) is 9.59 Å². The lowest BCUT2D eigenvalue weighted by molar-refractivity contribution is -0.149. The lowest BCUT2D eigenvalue weighted by Crippen LogP contribution is -2.46. The van der Waals surface area contributed by atoms with Crippen molar-refractivity contribution in [2.75, 3.05) is 13.1 Å². The zero-order valence-electron chi connectivity index (χ0n) is 9.56. The first-order valence-corrected chi connectivity index (χ1v) is 5.41. The van der Waals surface area contributed by atoms with Crippen LogP contribution in [0.15, 0.2) is 0 Å². The van der Waals surface area contributed by atoms with Crippen molar-refractivity contribution >= 4 is 11.9 Å². The molecule has 1 N–H and O–H groups in total. The first-order valence-electron chi connectivity index (χ1n) is 5.41. The molecular weight excluding hydrogens is 194 g/mol. The molecule has 1 aliphatic rings. The van der Waals surface area contributed by atoms with Crippen LogP contribution in [0, 0.1) is 17.8 Å². The van der Waals surface area contributed by atoms with Crippen LogP contribution in [0.5, 0.6) is 0 Å². The number of carboxylic acid groups (broad SMARTS) is 1. The molecule has 1 rings (SSSR count). The van der Waals surface area contributed by atoms with Crippen LogP contribution >= 0.6 is 0 Å². The topological polar surface area (TPSA) is 57.6 Å². The van der Waals surface area contributed by atoms with Gasteiger partial charge in [0.05, 0.1) is 5.92 Å². The molecule has 0 aromatic carbocycles. The Balaban J connectivity index is 2.73. The normalized spacial score (nSPS) is 26.8. The van der Waals surface area contributed by atoms with E-state index in [9.17, 15) is 9.59 Å². The molecule has 0 aromatic rings. The predicted molar refractivity (Wildman–Crippen MR) is 56.3 cm³/mol. The zero-order valence-corrected chi connectivity index (χ0v) is 9.56. The van der Waals surface area contributed by atoms with Crippen LogP contribution < -0.4 is 0 Å². The molecule has 0 spiro atoms. The molecule has 0 unspecified atom stereocenters. The fraction of sp³-hybridized carbons (Fsp3) is 0.818. The molecule has 0 bridgehead atoms. The van der Waals surface area contributed by atoms with Gasteiger partial charge in [0.25, 0.3) is 0 Å². The Hall–Kier alpha value is -1.06. The molecule has 1 amide bonds. The van der Waals surface area contributed by atoms with E-state index in [-0.39, 0.29) is 17.7 Å². The zero-order chi connectivity index (χ0) is 11.6. The summed E-state index contributed by atoms with van der Waals surface area (Å²) in [6.07, 6.45) is 0.581. The number of piperidine rings is 1. The number of likely N-dealkylation sites (tertiary alicyclic amines) is 1. The average Bonchev–Trinajstić information content (AvgIpc) is 2.16. The molecule has 86 valence electrons. The van der Waals surface area contributed by atoms with E-state index in [1.54, 1.807) is 11.8 Å². The molecule has 1 heterocycles. The molecule has 4 heteroatoms. The van der Waals surface area contributed by atoms with Crippen molar-refractivity contribution in [2.24, 2.45) is 17.8 Å². The predicted octanol–water partition coefficient (Wildman–Crippen LogP) is 1.21. The van der Waals surface area contributed by atoms with E-state index in [0.29, 0.717) is 25.4 Å². The number of hydrogen-bond donors (Lipinski definition) is 1. The Kier molecular flexibility index (Phi) is 3.72. The van der Waals surface area contributed by atoms with Gasteiger partial charge >= 0.3 is 5.97 Å². The van der Waals surface area contributed by atoms with Gasteiger partial charge in [-0.05, 0) is 18.3 Å². The highest BCUT2D eigenvalue weighted by molar-refractivity contribution is 5.74. The maximum atomic E-state index is 11.2. The van der Waals surface area contributed by atoms with Gasteiger partial charge in [-0.25, -0.2) is 0 Å². The van der Waals surface area contributed by atoms with Crippen LogP contribution in [0.2, 0.25) is 0 Å². The van der Waals surface area contributed by atoms with E-state index < -0.39 is 5.97 Å². The van der Waals surface area contributed by atoms with Gasteiger partial charge in [-0.1, -0.05) is 13.8 Å². The number of hydrogen-bond acceptors (Lipinski definition) is 2. The molecule has 0 radical (unpaired) electrons. The first kappa shape index (κ1) is 12.0. The molecule has 0 aromatic heterocycles. The Morgan fingerprint density at radius 1 is 1.40 bits per heavy atom.